The highest BCUT2D eigenvalue weighted by Gasteiger charge is 2.33. The normalized spacial score (nSPS) is 18.2. The maximum atomic E-state index is 11.8. The molecule has 0 spiro atoms. The van der Waals surface area contributed by atoms with E-state index in [1.807, 2.05) is 24.3 Å². The average molecular weight is 380 g/mol. The van der Waals surface area contributed by atoms with Crippen LogP contribution in [0, 0.1) is 11.3 Å². The van der Waals surface area contributed by atoms with E-state index in [0.29, 0.717) is 36.6 Å². The number of furan rings is 1. The van der Waals surface area contributed by atoms with Gasteiger partial charge in [0.25, 0.3) is 0 Å². The molecule has 1 aromatic heterocycles. The van der Waals surface area contributed by atoms with E-state index in [1.165, 1.54) is 10.6 Å². The van der Waals surface area contributed by atoms with Crippen LogP contribution >= 0.6 is 11.6 Å². The molecule has 132 valence electrons. The molecule has 0 saturated carbocycles. The van der Waals surface area contributed by atoms with Crippen LogP contribution in [-0.4, -0.2) is 38.1 Å². The van der Waals surface area contributed by atoms with Crippen LogP contribution in [-0.2, 0) is 16.6 Å². The van der Waals surface area contributed by atoms with E-state index in [2.05, 4.69) is 4.90 Å². The van der Waals surface area contributed by atoms with Crippen LogP contribution in [0.3, 0.4) is 0 Å². The van der Waals surface area contributed by atoms with Crippen LogP contribution in [0.25, 0.3) is 0 Å². The monoisotopic (exact) mass is 379 g/mol. The van der Waals surface area contributed by atoms with E-state index in [1.54, 1.807) is 18.4 Å². The number of hydrogen-bond acceptors (Lipinski definition) is 5. The molecule has 1 aliphatic heterocycles. The minimum atomic E-state index is -3.22. The van der Waals surface area contributed by atoms with Crippen molar-refractivity contribution in [3.05, 3.63) is 52.9 Å². The van der Waals surface area contributed by atoms with Crippen LogP contribution in [0.1, 0.15) is 17.7 Å². The summed E-state index contributed by atoms with van der Waals surface area (Å²) in [5.41, 5.74) is 1.24. The zero-order valence-corrected chi connectivity index (χ0v) is 15.3. The third-order valence-corrected chi connectivity index (χ3v) is 5.93. The smallest absolute Gasteiger partial charge is 0.211 e. The second kappa shape index (κ2) is 7.08. The topological polar surface area (TPSA) is 77.6 Å². The molecule has 6 nitrogen and oxygen atoms in total. The van der Waals surface area contributed by atoms with Gasteiger partial charge in [-0.2, -0.15) is 5.26 Å². The number of halogens is 1. The van der Waals surface area contributed by atoms with Gasteiger partial charge in [0.1, 0.15) is 11.8 Å². The van der Waals surface area contributed by atoms with Crippen LogP contribution in [0.5, 0.6) is 0 Å². The Balaban J connectivity index is 1.91. The first kappa shape index (κ1) is 17.8. The molecule has 1 aromatic carbocycles. The van der Waals surface area contributed by atoms with Crippen LogP contribution in [0.4, 0.5) is 5.69 Å². The van der Waals surface area contributed by atoms with Crippen molar-refractivity contribution >= 4 is 27.3 Å². The number of benzene rings is 1. The molecule has 8 heteroatoms. The number of rotatable bonds is 5. The van der Waals surface area contributed by atoms with Gasteiger partial charge >= 0.3 is 0 Å². The van der Waals surface area contributed by atoms with Gasteiger partial charge in [-0.05, 0) is 36.8 Å². The first-order chi connectivity index (χ1) is 11.9. The molecule has 0 radical (unpaired) electrons. The zero-order valence-electron chi connectivity index (χ0n) is 13.7. The molecule has 0 unspecified atom stereocenters. The predicted molar refractivity (Wildman–Crippen MR) is 95.9 cm³/mol. The molecule has 3 rings (SSSR count). The Hall–Kier alpha value is -2.01. The fraction of sp³-hybridized carbons (Fsp3) is 0.353. The molecular weight excluding hydrogens is 362 g/mol. The summed E-state index contributed by atoms with van der Waals surface area (Å²) in [6, 6.07) is 11.0. The Morgan fingerprint density at radius 1 is 1.44 bits per heavy atom. The van der Waals surface area contributed by atoms with Crippen molar-refractivity contribution in [1.29, 1.82) is 5.26 Å². The van der Waals surface area contributed by atoms with Crippen molar-refractivity contribution in [1.82, 2.24) is 4.31 Å². The van der Waals surface area contributed by atoms with Crippen molar-refractivity contribution in [3.8, 4) is 6.07 Å². The molecule has 1 aliphatic rings. The fourth-order valence-electron chi connectivity index (χ4n) is 3.04. The van der Waals surface area contributed by atoms with Gasteiger partial charge < -0.3 is 9.32 Å². The maximum Gasteiger partial charge on any atom is 0.211 e. The van der Waals surface area contributed by atoms with E-state index in [4.69, 9.17) is 21.3 Å². The fourth-order valence-corrected chi connectivity index (χ4v) is 4.14. The van der Waals surface area contributed by atoms with E-state index >= 15 is 0 Å². The number of hydrogen-bond donors (Lipinski definition) is 0. The first-order valence-electron chi connectivity index (χ1n) is 7.82. The zero-order chi connectivity index (χ0) is 18.0. The van der Waals surface area contributed by atoms with E-state index in [9.17, 15) is 8.42 Å². The summed E-state index contributed by atoms with van der Waals surface area (Å²) >= 11 is 6.18. The lowest BCUT2D eigenvalue weighted by Crippen LogP contribution is -2.38. The minimum Gasteiger partial charge on any atom is -0.467 e. The highest BCUT2D eigenvalue weighted by molar-refractivity contribution is 7.88. The van der Waals surface area contributed by atoms with Crippen molar-refractivity contribution in [2.24, 2.45) is 0 Å². The second-order valence-corrected chi connectivity index (χ2v) is 8.44. The molecule has 0 amide bonds. The molecule has 0 N–H and O–H groups in total. The van der Waals surface area contributed by atoms with Gasteiger partial charge in [-0.3, -0.25) is 0 Å². The Labute approximate surface area is 152 Å². The van der Waals surface area contributed by atoms with E-state index in [0.717, 1.165) is 11.4 Å². The molecule has 1 atom stereocenters. The van der Waals surface area contributed by atoms with Gasteiger partial charge in [-0.25, -0.2) is 12.7 Å². The third kappa shape index (κ3) is 3.98. The van der Waals surface area contributed by atoms with E-state index < -0.39 is 10.0 Å². The largest absolute Gasteiger partial charge is 0.467 e. The lowest BCUT2D eigenvalue weighted by molar-refractivity contribution is 0.462. The Kier molecular flexibility index (Phi) is 5.04. The molecule has 2 aromatic rings. The van der Waals surface area contributed by atoms with Gasteiger partial charge in [-0.1, -0.05) is 11.6 Å². The Morgan fingerprint density at radius 2 is 2.24 bits per heavy atom. The van der Waals surface area contributed by atoms with Crippen molar-refractivity contribution in [2.75, 3.05) is 24.2 Å². The van der Waals surface area contributed by atoms with Crippen LogP contribution in [0.15, 0.2) is 41.0 Å². The molecule has 1 saturated heterocycles. The molecule has 2 heterocycles. The quantitative estimate of drug-likeness (QED) is 0.798. The summed E-state index contributed by atoms with van der Waals surface area (Å²) < 4.78 is 30.6. The minimum absolute atomic E-state index is 0.00354. The summed E-state index contributed by atoms with van der Waals surface area (Å²) in [7, 11) is -3.22. The maximum absolute atomic E-state index is 11.8. The van der Waals surface area contributed by atoms with Crippen LogP contribution in [0.2, 0.25) is 5.02 Å². The Bertz CT molecular complexity index is 890. The summed E-state index contributed by atoms with van der Waals surface area (Å²) in [4.78, 5) is 2.08. The number of nitrogens with zero attached hydrogens (tertiary/aromatic N) is 3. The average Bonchev–Trinajstić information content (AvgIpc) is 3.23. The lowest BCUT2D eigenvalue weighted by atomic mass is 10.1. The Morgan fingerprint density at radius 3 is 2.80 bits per heavy atom. The summed E-state index contributed by atoms with van der Waals surface area (Å²) in [5.74, 6) is 0.776. The molecular formula is C17H18ClN3O3S. The second-order valence-electron chi connectivity index (χ2n) is 6.05. The lowest BCUT2D eigenvalue weighted by Gasteiger charge is -2.30. The number of sulfonamides is 1. The van der Waals surface area contributed by atoms with Gasteiger partial charge in [0, 0.05) is 24.8 Å². The van der Waals surface area contributed by atoms with Crippen molar-refractivity contribution < 1.29 is 12.8 Å². The molecule has 25 heavy (non-hydrogen) atoms. The van der Waals surface area contributed by atoms with Gasteiger partial charge in [-0.15, -0.1) is 0 Å². The highest BCUT2D eigenvalue weighted by Crippen LogP contribution is 2.29. The third-order valence-electron chi connectivity index (χ3n) is 4.35. The number of nitriles is 1. The van der Waals surface area contributed by atoms with Gasteiger partial charge in [0.15, 0.2) is 0 Å². The summed E-state index contributed by atoms with van der Waals surface area (Å²) in [6.45, 7) is 1.40. The SMILES string of the molecule is CS(=O)(=O)N1CC[C@H](N(Cc2ccco2)c2ccc(C#N)c(Cl)c2)C1. The van der Waals surface area contributed by atoms with Crippen LogP contribution < -0.4 is 4.90 Å². The summed E-state index contributed by atoms with van der Waals surface area (Å²) in [5, 5.41) is 9.43. The van der Waals surface area contributed by atoms with Crippen molar-refractivity contribution in [3.63, 3.8) is 0 Å². The standard InChI is InChI=1S/C17H18ClN3O3S/c1-25(22,23)20-7-6-15(11-20)21(12-16-3-2-8-24-16)14-5-4-13(10-19)17(18)9-14/h2-5,8-9,15H,6-7,11-12H2,1H3/t15-/m0/s1. The van der Waals surface area contributed by atoms with Gasteiger partial charge in [0.05, 0.1) is 29.6 Å². The summed E-state index contributed by atoms with van der Waals surface area (Å²) in [6.07, 6.45) is 3.55. The van der Waals surface area contributed by atoms with Gasteiger partial charge in [0.2, 0.25) is 10.0 Å². The molecule has 0 aliphatic carbocycles. The predicted octanol–water partition coefficient (Wildman–Crippen LogP) is 2.85. The molecule has 1 fully saturated rings. The number of anilines is 1. The first-order valence-corrected chi connectivity index (χ1v) is 10.0. The highest BCUT2D eigenvalue weighted by atomic mass is 35.5. The van der Waals surface area contributed by atoms with Crippen molar-refractivity contribution in [2.45, 2.75) is 19.0 Å². The molecule has 0 bridgehead atoms. The van der Waals surface area contributed by atoms with E-state index in [-0.39, 0.29) is 6.04 Å².